The van der Waals surface area contributed by atoms with Crippen molar-refractivity contribution in [3.05, 3.63) is 59.7 Å². The van der Waals surface area contributed by atoms with Gasteiger partial charge < -0.3 is 9.47 Å². The molecule has 0 fully saturated rings. The lowest BCUT2D eigenvalue weighted by Gasteiger charge is -2.14. The predicted molar refractivity (Wildman–Crippen MR) is 96.3 cm³/mol. The van der Waals surface area contributed by atoms with Gasteiger partial charge in [0.1, 0.15) is 11.5 Å². The van der Waals surface area contributed by atoms with Crippen molar-refractivity contribution in [2.75, 3.05) is 13.2 Å². The Kier molecular flexibility index (Phi) is 7.15. The molecule has 0 saturated heterocycles. The molecule has 0 spiro atoms. The highest BCUT2D eigenvalue weighted by Gasteiger charge is 2.07. The lowest BCUT2D eigenvalue weighted by Crippen LogP contribution is -2.08. The van der Waals surface area contributed by atoms with Crippen LogP contribution in [-0.4, -0.2) is 13.2 Å². The third-order valence-corrected chi connectivity index (χ3v) is 3.89. The van der Waals surface area contributed by atoms with Crippen LogP contribution in [0.4, 0.5) is 0 Å². The first-order valence-electron chi connectivity index (χ1n) is 8.59. The fourth-order valence-electron chi connectivity index (χ4n) is 2.66. The highest BCUT2D eigenvalue weighted by atomic mass is 16.5. The third-order valence-electron chi connectivity index (χ3n) is 3.89. The van der Waals surface area contributed by atoms with Gasteiger partial charge in [0, 0.05) is 6.61 Å². The second-order valence-corrected chi connectivity index (χ2v) is 6.25. The lowest BCUT2D eigenvalue weighted by atomic mass is 10.1. The second-order valence-electron chi connectivity index (χ2n) is 6.25. The highest BCUT2D eigenvalue weighted by Crippen LogP contribution is 2.26. The van der Waals surface area contributed by atoms with E-state index < -0.39 is 0 Å². The number of hydrogen-bond donors (Lipinski definition) is 0. The van der Waals surface area contributed by atoms with Crippen molar-refractivity contribution in [1.82, 2.24) is 0 Å². The van der Waals surface area contributed by atoms with E-state index in [1.54, 1.807) is 0 Å². The summed E-state index contributed by atoms with van der Waals surface area (Å²) >= 11 is 0. The summed E-state index contributed by atoms with van der Waals surface area (Å²) in [6.45, 7) is 8.16. The van der Waals surface area contributed by atoms with Crippen molar-refractivity contribution in [2.45, 2.75) is 40.0 Å². The minimum Gasteiger partial charge on any atom is -0.457 e. The molecule has 0 radical (unpaired) electrons. The summed E-state index contributed by atoms with van der Waals surface area (Å²) in [5.41, 5.74) is 2.46. The smallest absolute Gasteiger partial charge is 0.130 e. The zero-order valence-corrected chi connectivity index (χ0v) is 14.5. The van der Waals surface area contributed by atoms with Crippen LogP contribution in [-0.2, 0) is 11.2 Å². The van der Waals surface area contributed by atoms with Crippen LogP contribution in [0, 0.1) is 12.8 Å². The molecule has 0 aliphatic heterocycles. The largest absolute Gasteiger partial charge is 0.457 e. The van der Waals surface area contributed by atoms with E-state index in [9.17, 15) is 0 Å². The first kappa shape index (κ1) is 17.6. The van der Waals surface area contributed by atoms with Crippen LogP contribution < -0.4 is 4.74 Å². The Morgan fingerprint density at radius 1 is 1.04 bits per heavy atom. The predicted octanol–water partition coefficient (Wildman–Crippen LogP) is 5.78. The average molecular weight is 312 g/mol. The van der Waals surface area contributed by atoms with Gasteiger partial charge in [-0.3, -0.25) is 0 Å². The fourth-order valence-corrected chi connectivity index (χ4v) is 2.66. The molecule has 1 atom stereocenters. The van der Waals surface area contributed by atoms with E-state index in [1.807, 2.05) is 30.3 Å². The Balaban J connectivity index is 1.93. The van der Waals surface area contributed by atoms with Crippen molar-refractivity contribution < 1.29 is 9.47 Å². The van der Waals surface area contributed by atoms with E-state index >= 15 is 0 Å². The van der Waals surface area contributed by atoms with Crippen molar-refractivity contribution >= 4 is 0 Å². The molecule has 0 N–H and O–H groups in total. The Morgan fingerprint density at radius 3 is 2.57 bits per heavy atom. The quantitative estimate of drug-likeness (QED) is 0.546. The van der Waals surface area contributed by atoms with Crippen molar-refractivity contribution in [3.8, 4) is 11.5 Å². The van der Waals surface area contributed by atoms with Crippen LogP contribution in [0.25, 0.3) is 0 Å². The molecule has 0 bridgehead atoms. The van der Waals surface area contributed by atoms with E-state index in [4.69, 9.17) is 9.47 Å². The van der Waals surface area contributed by atoms with Gasteiger partial charge in [-0.2, -0.15) is 0 Å². The number of aryl methyl sites for hydroxylation is 1. The van der Waals surface area contributed by atoms with Crippen molar-refractivity contribution in [1.29, 1.82) is 0 Å². The first-order chi connectivity index (χ1) is 11.2. The van der Waals surface area contributed by atoms with Gasteiger partial charge in [-0.05, 0) is 49.4 Å². The molecule has 2 rings (SSSR count). The molecule has 0 saturated carbocycles. The number of para-hydroxylation sites is 1. The molecule has 0 aromatic heterocycles. The minimum absolute atomic E-state index is 0.637. The second kappa shape index (κ2) is 9.36. The molecular weight excluding hydrogens is 284 g/mol. The molecule has 2 heteroatoms. The molecule has 0 heterocycles. The molecule has 2 aromatic rings. The van der Waals surface area contributed by atoms with Gasteiger partial charge in [-0.25, -0.2) is 0 Å². The summed E-state index contributed by atoms with van der Waals surface area (Å²) < 4.78 is 11.9. The molecule has 2 aromatic carbocycles. The van der Waals surface area contributed by atoms with E-state index in [-0.39, 0.29) is 0 Å². The summed E-state index contributed by atoms with van der Waals surface area (Å²) in [5.74, 6) is 2.43. The van der Waals surface area contributed by atoms with Crippen LogP contribution in [0.15, 0.2) is 48.5 Å². The van der Waals surface area contributed by atoms with Gasteiger partial charge in [0.2, 0.25) is 0 Å². The Hall–Kier alpha value is -1.80. The van der Waals surface area contributed by atoms with E-state index in [0.29, 0.717) is 5.92 Å². The number of rotatable bonds is 9. The third kappa shape index (κ3) is 6.07. The maximum atomic E-state index is 6.03. The summed E-state index contributed by atoms with van der Waals surface area (Å²) in [5, 5.41) is 0. The summed E-state index contributed by atoms with van der Waals surface area (Å²) in [6.07, 6.45) is 3.33. The normalized spacial score (nSPS) is 12.1. The molecule has 0 aliphatic carbocycles. The fraction of sp³-hybridized carbons (Fsp3) is 0.429. The molecule has 2 nitrogen and oxygen atoms in total. The Bertz CT molecular complexity index is 578. The monoisotopic (exact) mass is 312 g/mol. The standard InChI is InChI=1S/C21H28O2/c1-4-8-18(3)16-22-14-13-19-15-17(2)11-12-21(19)23-20-9-6-5-7-10-20/h5-7,9-12,15,18H,4,8,13-14,16H2,1-3H3. The molecule has 23 heavy (non-hydrogen) atoms. The number of ether oxygens (including phenoxy) is 2. The van der Waals surface area contributed by atoms with Crippen LogP contribution in [0.1, 0.15) is 37.8 Å². The molecule has 0 aliphatic rings. The zero-order chi connectivity index (χ0) is 16.5. The van der Waals surface area contributed by atoms with Crippen molar-refractivity contribution in [3.63, 3.8) is 0 Å². The molecule has 0 amide bonds. The molecule has 1 unspecified atom stereocenters. The molecular formula is C21H28O2. The van der Waals surface area contributed by atoms with E-state index in [2.05, 4.69) is 39.0 Å². The maximum Gasteiger partial charge on any atom is 0.130 e. The van der Waals surface area contributed by atoms with Gasteiger partial charge in [0.25, 0.3) is 0 Å². The van der Waals surface area contributed by atoms with Gasteiger partial charge in [-0.15, -0.1) is 0 Å². The van der Waals surface area contributed by atoms with Gasteiger partial charge in [0.15, 0.2) is 0 Å². The number of hydrogen-bond acceptors (Lipinski definition) is 2. The first-order valence-corrected chi connectivity index (χ1v) is 8.59. The van der Waals surface area contributed by atoms with Crippen molar-refractivity contribution in [2.24, 2.45) is 5.92 Å². The van der Waals surface area contributed by atoms with Gasteiger partial charge in [0.05, 0.1) is 6.61 Å². The average Bonchev–Trinajstić information content (AvgIpc) is 2.55. The van der Waals surface area contributed by atoms with Crippen LogP contribution in [0.2, 0.25) is 0 Å². The lowest BCUT2D eigenvalue weighted by molar-refractivity contribution is 0.104. The summed E-state index contributed by atoms with van der Waals surface area (Å²) in [7, 11) is 0. The topological polar surface area (TPSA) is 18.5 Å². The Labute approximate surface area is 140 Å². The minimum atomic E-state index is 0.637. The number of benzene rings is 2. The Morgan fingerprint density at radius 2 is 1.83 bits per heavy atom. The zero-order valence-electron chi connectivity index (χ0n) is 14.5. The van der Waals surface area contributed by atoms with E-state index in [0.717, 1.165) is 31.1 Å². The summed E-state index contributed by atoms with van der Waals surface area (Å²) in [4.78, 5) is 0. The van der Waals surface area contributed by atoms with Crippen LogP contribution >= 0.6 is 0 Å². The summed E-state index contributed by atoms with van der Waals surface area (Å²) in [6, 6.07) is 16.3. The van der Waals surface area contributed by atoms with Crippen LogP contribution in [0.5, 0.6) is 11.5 Å². The SMILES string of the molecule is CCCC(C)COCCc1cc(C)ccc1Oc1ccccc1. The maximum absolute atomic E-state index is 6.03. The molecule has 124 valence electrons. The van der Waals surface area contributed by atoms with E-state index in [1.165, 1.54) is 24.0 Å². The van der Waals surface area contributed by atoms with Crippen LogP contribution in [0.3, 0.4) is 0 Å². The van der Waals surface area contributed by atoms with Gasteiger partial charge in [-0.1, -0.05) is 56.2 Å². The van der Waals surface area contributed by atoms with Gasteiger partial charge >= 0.3 is 0 Å². The highest BCUT2D eigenvalue weighted by molar-refractivity contribution is 5.40.